The largest absolute Gasteiger partial charge is 0.378 e. The molecule has 1 amide bonds. The number of rotatable bonds is 7. The van der Waals surface area contributed by atoms with Gasteiger partial charge in [-0.3, -0.25) is 4.79 Å². The van der Waals surface area contributed by atoms with E-state index in [-0.39, 0.29) is 17.4 Å². The number of amides is 1. The van der Waals surface area contributed by atoms with E-state index >= 15 is 0 Å². The average Bonchev–Trinajstić information content (AvgIpc) is 3.38. The van der Waals surface area contributed by atoms with Crippen LogP contribution in [0.15, 0.2) is 4.52 Å². The fourth-order valence-electron chi connectivity index (χ4n) is 4.63. The van der Waals surface area contributed by atoms with Gasteiger partial charge in [0.25, 0.3) is 0 Å². The van der Waals surface area contributed by atoms with Gasteiger partial charge in [-0.15, -0.1) is 0 Å². The van der Waals surface area contributed by atoms with E-state index in [1.54, 1.807) is 0 Å². The van der Waals surface area contributed by atoms with Crippen LogP contribution in [-0.4, -0.2) is 34.8 Å². The number of hydrogen-bond donors (Lipinski definition) is 1. The Labute approximate surface area is 149 Å². The molecule has 6 heteroatoms. The second-order valence-electron chi connectivity index (χ2n) is 7.91. The third-order valence-electron chi connectivity index (χ3n) is 6.26. The van der Waals surface area contributed by atoms with Gasteiger partial charge in [-0.25, -0.2) is 0 Å². The minimum absolute atomic E-state index is 0.0936. The van der Waals surface area contributed by atoms with Gasteiger partial charge in [0.15, 0.2) is 5.82 Å². The molecule has 0 unspecified atom stereocenters. The minimum atomic E-state index is 0.0936. The Bertz CT molecular complexity index is 605. The topological polar surface area (TPSA) is 77.2 Å². The van der Waals surface area contributed by atoms with Gasteiger partial charge in [-0.05, 0) is 39.0 Å². The van der Waals surface area contributed by atoms with Crippen molar-refractivity contribution < 1.29 is 14.1 Å². The maximum Gasteiger partial charge on any atom is 0.227 e. The molecule has 1 heterocycles. The summed E-state index contributed by atoms with van der Waals surface area (Å²) in [7, 11) is 0. The maximum atomic E-state index is 12.4. The Hall–Kier alpha value is -1.43. The molecule has 25 heavy (non-hydrogen) atoms. The summed E-state index contributed by atoms with van der Waals surface area (Å²) in [6.45, 7) is 2.82. The second-order valence-corrected chi connectivity index (χ2v) is 7.91. The first-order valence-corrected chi connectivity index (χ1v) is 9.95. The molecule has 6 nitrogen and oxygen atoms in total. The van der Waals surface area contributed by atoms with Crippen molar-refractivity contribution in [3.8, 4) is 0 Å². The summed E-state index contributed by atoms with van der Waals surface area (Å²) >= 11 is 0. The number of aryl methyl sites for hydroxylation is 1. The Kier molecular flexibility index (Phi) is 4.80. The Balaban J connectivity index is 1.29. The summed E-state index contributed by atoms with van der Waals surface area (Å²) < 4.78 is 11.2. The predicted octanol–water partition coefficient (Wildman–Crippen LogP) is 3.12. The highest BCUT2D eigenvalue weighted by Crippen LogP contribution is 2.53. The highest BCUT2D eigenvalue weighted by atomic mass is 16.5. The van der Waals surface area contributed by atoms with Crippen molar-refractivity contribution in [2.75, 3.05) is 6.61 Å². The van der Waals surface area contributed by atoms with Crippen molar-refractivity contribution in [2.24, 2.45) is 5.41 Å². The van der Waals surface area contributed by atoms with E-state index in [1.807, 2.05) is 0 Å². The molecule has 0 aliphatic heterocycles. The van der Waals surface area contributed by atoms with Gasteiger partial charge < -0.3 is 14.6 Å². The van der Waals surface area contributed by atoms with Crippen LogP contribution >= 0.6 is 0 Å². The molecule has 4 rings (SSSR count). The number of ether oxygens (including phenoxy) is 1. The van der Waals surface area contributed by atoms with Crippen LogP contribution in [0.25, 0.3) is 0 Å². The van der Waals surface area contributed by atoms with Crippen LogP contribution in [0.5, 0.6) is 0 Å². The van der Waals surface area contributed by atoms with Crippen molar-refractivity contribution in [1.82, 2.24) is 15.5 Å². The molecular formula is C19H29N3O3. The molecule has 0 aromatic carbocycles. The zero-order valence-electron chi connectivity index (χ0n) is 15.1. The van der Waals surface area contributed by atoms with Gasteiger partial charge in [0.05, 0.1) is 6.10 Å². The Morgan fingerprint density at radius 3 is 2.84 bits per heavy atom. The number of carbonyl (C=O) groups excluding carboxylic acids is 1. The summed E-state index contributed by atoms with van der Waals surface area (Å²) in [6, 6.07) is 0.265. The molecule has 1 N–H and O–H groups in total. The molecule has 0 saturated heterocycles. The number of hydrogen-bond acceptors (Lipinski definition) is 5. The molecule has 0 radical (unpaired) electrons. The molecule has 2 atom stereocenters. The lowest BCUT2D eigenvalue weighted by Gasteiger charge is -2.57. The molecule has 3 aliphatic rings. The first-order valence-electron chi connectivity index (χ1n) is 9.95. The van der Waals surface area contributed by atoms with E-state index in [4.69, 9.17) is 9.26 Å². The molecule has 0 bridgehead atoms. The monoisotopic (exact) mass is 347 g/mol. The van der Waals surface area contributed by atoms with Crippen molar-refractivity contribution in [3.63, 3.8) is 0 Å². The smallest absolute Gasteiger partial charge is 0.227 e. The van der Waals surface area contributed by atoms with Gasteiger partial charge in [0, 0.05) is 36.8 Å². The van der Waals surface area contributed by atoms with Crippen LogP contribution in [0.4, 0.5) is 0 Å². The quantitative estimate of drug-likeness (QED) is 0.820. The van der Waals surface area contributed by atoms with E-state index in [9.17, 15) is 4.79 Å². The Morgan fingerprint density at radius 1 is 1.32 bits per heavy atom. The molecule has 1 aromatic heterocycles. The third-order valence-corrected chi connectivity index (χ3v) is 6.26. The van der Waals surface area contributed by atoms with Crippen molar-refractivity contribution in [2.45, 2.75) is 89.2 Å². The van der Waals surface area contributed by atoms with Gasteiger partial charge in [0.2, 0.25) is 11.8 Å². The SMILES string of the molecule is CCO[C@@H]1C[C@@H](NC(=O)CCc2nc(C3CC3)no2)C12CCCCC2. The summed E-state index contributed by atoms with van der Waals surface area (Å²) in [5, 5.41) is 7.28. The molecular weight excluding hydrogens is 318 g/mol. The summed E-state index contributed by atoms with van der Waals surface area (Å²) in [5.74, 6) is 1.99. The number of carbonyl (C=O) groups is 1. The van der Waals surface area contributed by atoms with E-state index in [0.717, 1.165) is 31.7 Å². The zero-order chi connectivity index (χ0) is 17.3. The predicted molar refractivity (Wildman–Crippen MR) is 92.1 cm³/mol. The first kappa shape index (κ1) is 17.0. The standard InChI is InChI=1S/C19H29N3O3/c1-2-24-15-12-14(19(15)10-4-3-5-11-19)20-16(23)8-9-17-21-18(22-25-17)13-6-7-13/h13-15H,2-12H2,1H3,(H,20,23)/t14-,15-/m1/s1. The van der Waals surface area contributed by atoms with Gasteiger partial charge in [-0.1, -0.05) is 24.4 Å². The molecule has 138 valence electrons. The summed E-state index contributed by atoms with van der Waals surface area (Å²) in [6.07, 6.45) is 10.7. The summed E-state index contributed by atoms with van der Waals surface area (Å²) in [4.78, 5) is 16.8. The third kappa shape index (κ3) is 3.46. The lowest BCUT2D eigenvalue weighted by atomic mass is 9.55. The van der Waals surface area contributed by atoms with Crippen molar-refractivity contribution >= 4 is 5.91 Å². The maximum absolute atomic E-state index is 12.4. The van der Waals surface area contributed by atoms with Crippen LogP contribution in [0.1, 0.15) is 82.3 Å². The van der Waals surface area contributed by atoms with E-state index < -0.39 is 0 Å². The average molecular weight is 347 g/mol. The molecule has 3 aliphatic carbocycles. The molecule has 1 spiro atoms. The number of nitrogens with one attached hydrogen (secondary N) is 1. The lowest BCUT2D eigenvalue weighted by Crippen LogP contribution is -2.65. The van der Waals surface area contributed by atoms with Crippen LogP contribution < -0.4 is 5.32 Å². The van der Waals surface area contributed by atoms with E-state index in [0.29, 0.717) is 30.8 Å². The number of aromatic nitrogens is 2. The highest BCUT2D eigenvalue weighted by molar-refractivity contribution is 5.76. The fourth-order valence-corrected chi connectivity index (χ4v) is 4.63. The number of nitrogens with zero attached hydrogens (tertiary/aromatic N) is 2. The van der Waals surface area contributed by atoms with Gasteiger partial charge >= 0.3 is 0 Å². The second kappa shape index (κ2) is 7.06. The molecule has 3 saturated carbocycles. The fraction of sp³-hybridized carbons (Fsp3) is 0.842. The van der Waals surface area contributed by atoms with Crippen LogP contribution in [-0.2, 0) is 16.0 Å². The summed E-state index contributed by atoms with van der Waals surface area (Å²) in [5.41, 5.74) is 0.174. The van der Waals surface area contributed by atoms with Gasteiger partial charge in [-0.2, -0.15) is 4.98 Å². The zero-order valence-corrected chi connectivity index (χ0v) is 15.1. The highest BCUT2D eigenvalue weighted by Gasteiger charge is 2.56. The van der Waals surface area contributed by atoms with Crippen molar-refractivity contribution in [1.29, 1.82) is 0 Å². The minimum Gasteiger partial charge on any atom is -0.378 e. The Morgan fingerprint density at radius 2 is 2.12 bits per heavy atom. The molecule has 1 aromatic rings. The van der Waals surface area contributed by atoms with Crippen LogP contribution in [0.2, 0.25) is 0 Å². The lowest BCUT2D eigenvalue weighted by molar-refractivity contribution is -0.157. The first-order chi connectivity index (χ1) is 12.2. The van der Waals surface area contributed by atoms with Crippen molar-refractivity contribution in [3.05, 3.63) is 11.7 Å². The molecule has 3 fully saturated rings. The normalized spacial score (nSPS) is 27.9. The van der Waals surface area contributed by atoms with Gasteiger partial charge in [0.1, 0.15) is 0 Å². The van der Waals surface area contributed by atoms with Crippen LogP contribution in [0.3, 0.4) is 0 Å². The van der Waals surface area contributed by atoms with E-state index in [2.05, 4.69) is 22.4 Å². The van der Waals surface area contributed by atoms with E-state index in [1.165, 1.54) is 32.1 Å². The van der Waals surface area contributed by atoms with Crippen LogP contribution in [0, 0.1) is 5.41 Å².